The molecule has 1 heterocycles. The van der Waals surface area contributed by atoms with Crippen LogP contribution in [0.4, 0.5) is 20.3 Å². The molecule has 9 heteroatoms. The first-order valence-electron chi connectivity index (χ1n) is 4.19. The number of hydrogen-bond donors (Lipinski definition) is 1. The van der Waals surface area contributed by atoms with Gasteiger partial charge in [-0.2, -0.15) is 0 Å². The minimum Gasteiger partial charge on any atom is -0.464 e. The van der Waals surface area contributed by atoms with Crippen LogP contribution in [0.25, 0.3) is 0 Å². The van der Waals surface area contributed by atoms with E-state index in [1.165, 1.54) is 0 Å². The molecule has 0 amide bonds. The van der Waals surface area contributed by atoms with Gasteiger partial charge in [0.1, 0.15) is 11.4 Å². The van der Waals surface area contributed by atoms with Gasteiger partial charge in [-0.1, -0.05) is 0 Å². The Balaban J connectivity index is 3.46. The van der Waals surface area contributed by atoms with Gasteiger partial charge in [0.15, 0.2) is 5.69 Å². The topological polar surface area (TPSA) is 108 Å². The van der Waals surface area contributed by atoms with Gasteiger partial charge in [-0.3, -0.25) is 10.1 Å². The lowest BCUT2D eigenvalue weighted by Gasteiger charge is -2.06. The second-order valence-corrected chi connectivity index (χ2v) is 2.87. The van der Waals surface area contributed by atoms with Crippen molar-refractivity contribution in [3.05, 3.63) is 27.4 Å². The Bertz CT molecular complexity index is 478. The highest BCUT2D eigenvalue weighted by molar-refractivity contribution is 5.88. The molecule has 0 saturated heterocycles. The highest BCUT2D eigenvalue weighted by atomic mass is 19.3. The number of methoxy groups -OCH3 is 1. The molecule has 2 N–H and O–H groups in total. The lowest BCUT2D eigenvalue weighted by Crippen LogP contribution is -2.11. The van der Waals surface area contributed by atoms with Gasteiger partial charge in [-0.25, -0.2) is 18.6 Å². The monoisotopic (exact) mass is 247 g/mol. The Morgan fingerprint density at radius 3 is 2.65 bits per heavy atom. The van der Waals surface area contributed by atoms with Gasteiger partial charge in [-0.15, -0.1) is 0 Å². The van der Waals surface area contributed by atoms with E-state index in [0.29, 0.717) is 6.07 Å². The highest BCUT2D eigenvalue weighted by Gasteiger charge is 2.28. The molecule has 1 aromatic rings. The SMILES string of the molecule is COC(=O)c1cc([N+](=O)[O-])c(C(F)F)c(N)n1. The number of nitro groups is 1. The summed E-state index contributed by atoms with van der Waals surface area (Å²) in [5.41, 5.74) is 2.67. The van der Waals surface area contributed by atoms with Crippen LogP contribution < -0.4 is 5.73 Å². The Kier molecular flexibility index (Phi) is 3.51. The molecule has 17 heavy (non-hydrogen) atoms. The van der Waals surface area contributed by atoms with Crippen LogP contribution in [-0.2, 0) is 4.74 Å². The molecular formula is C8H7F2N3O4. The molecule has 0 atom stereocenters. The van der Waals surface area contributed by atoms with E-state index >= 15 is 0 Å². The maximum Gasteiger partial charge on any atom is 0.356 e. The van der Waals surface area contributed by atoms with Crippen LogP contribution >= 0.6 is 0 Å². The van der Waals surface area contributed by atoms with Gasteiger partial charge < -0.3 is 10.5 Å². The zero-order valence-electron chi connectivity index (χ0n) is 8.52. The van der Waals surface area contributed by atoms with Crippen LogP contribution in [0, 0.1) is 10.1 Å². The fraction of sp³-hybridized carbons (Fsp3) is 0.250. The number of anilines is 1. The van der Waals surface area contributed by atoms with E-state index in [4.69, 9.17) is 5.73 Å². The van der Waals surface area contributed by atoms with E-state index in [1.807, 2.05) is 0 Å². The molecule has 0 aliphatic carbocycles. The van der Waals surface area contributed by atoms with Gasteiger partial charge in [-0.05, 0) is 0 Å². The summed E-state index contributed by atoms with van der Waals surface area (Å²) in [4.78, 5) is 23.9. The second kappa shape index (κ2) is 4.68. The quantitative estimate of drug-likeness (QED) is 0.489. The van der Waals surface area contributed by atoms with Crippen LogP contribution in [0.15, 0.2) is 6.07 Å². The molecular weight excluding hydrogens is 240 g/mol. The van der Waals surface area contributed by atoms with E-state index in [2.05, 4.69) is 9.72 Å². The first kappa shape index (κ1) is 12.7. The lowest BCUT2D eigenvalue weighted by molar-refractivity contribution is -0.386. The molecule has 0 radical (unpaired) electrons. The predicted octanol–water partition coefficient (Wildman–Crippen LogP) is 1.30. The van der Waals surface area contributed by atoms with Crippen molar-refractivity contribution >= 4 is 17.5 Å². The number of nitrogens with two attached hydrogens (primary N) is 1. The fourth-order valence-corrected chi connectivity index (χ4v) is 1.14. The number of rotatable bonds is 3. The van der Waals surface area contributed by atoms with Crippen molar-refractivity contribution in [3.8, 4) is 0 Å². The van der Waals surface area contributed by atoms with Crippen molar-refractivity contribution in [2.75, 3.05) is 12.8 Å². The summed E-state index contributed by atoms with van der Waals surface area (Å²) in [5, 5.41) is 10.6. The minimum absolute atomic E-state index is 0.499. The molecule has 92 valence electrons. The number of carbonyl (C=O) groups excluding carboxylic acids is 1. The van der Waals surface area contributed by atoms with Gasteiger partial charge in [0, 0.05) is 6.07 Å². The smallest absolute Gasteiger partial charge is 0.356 e. The molecule has 0 aliphatic rings. The number of esters is 1. The van der Waals surface area contributed by atoms with E-state index in [0.717, 1.165) is 7.11 Å². The molecule has 0 saturated carbocycles. The summed E-state index contributed by atoms with van der Waals surface area (Å²) in [6.07, 6.45) is -3.16. The third kappa shape index (κ3) is 2.44. The Morgan fingerprint density at radius 2 is 2.24 bits per heavy atom. The van der Waals surface area contributed by atoms with Crippen LogP contribution in [-0.4, -0.2) is 23.0 Å². The Morgan fingerprint density at radius 1 is 1.65 bits per heavy atom. The zero-order valence-corrected chi connectivity index (χ0v) is 8.52. The van der Waals surface area contributed by atoms with Crippen LogP contribution in [0.3, 0.4) is 0 Å². The first-order valence-corrected chi connectivity index (χ1v) is 4.19. The molecule has 0 bridgehead atoms. The number of pyridine rings is 1. The summed E-state index contributed by atoms with van der Waals surface area (Å²) in [6.45, 7) is 0. The van der Waals surface area contributed by atoms with Crippen molar-refractivity contribution in [1.82, 2.24) is 4.98 Å². The lowest BCUT2D eigenvalue weighted by atomic mass is 10.2. The molecule has 0 fully saturated rings. The molecule has 7 nitrogen and oxygen atoms in total. The minimum atomic E-state index is -3.16. The van der Waals surface area contributed by atoms with Crippen LogP contribution in [0.1, 0.15) is 22.5 Å². The van der Waals surface area contributed by atoms with Gasteiger partial charge >= 0.3 is 5.97 Å². The molecule has 0 unspecified atom stereocenters. The summed E-state index contributed by atoms with van der Waals surface area (Å²) in [6, 6.07) is 0.601. The number of hydrogen-bond acceptors (Lipinski definition) is 6. The molecule has 0 spiro atoms. The standard InChI is InChI=1S/C8H7F2N3O4/c1-17-8(14)3-2-4(13(15)16)5(6(9)10)7(11)12-3/h2,6H,1H3,(H2,11,12). The molecule has 0 aromatic carbocycles. The average Bonchev–Trinajstić information content (AvgIpc) is 2.26. The van der Waals surface area contributed by atoms with Gasteiger partial charge in [0.2, 0.25) is 0 Å². The summed E-state index contributed by atoms with van der Waals surface area (Å²) in [7, 11) is 1.02. The third-order valence-electron chi connectivity index (χ3n) is 1.88. The number of ether oxygens (including phenoxy) is 1. The summed E-state index contributed by atoms with van der Waals surface area (Å²) >= 11 is 0. The molecule has 1 rings (SSSR count). The molecule has 0 aliphatic heterocycles. The summed E-state index contributed by atoms with van der Waals surface area (Å²) in [5.74, 6) is -1.77. The van der Waals surface area contributed by atoms with Gasteiger partial charge in [0.05, 0.1) is 12.0 Å². The third-order valence-corrected chi connectivity index (χ3v) is 1.88. The van der Waals surface area contributed by atoms with Crippen molar-refractivity contribution in [2.24, 2.45) is 0 Å². The maximum atomic E-state index is 12.5. The Labute approximate surface area is 93.3 Å². The first-order chi connectivity index (χ1) is 7.88. The summed E-state index contributed by atoms with van der Waals surface area (Å²) < 4.78 is 29.3. The van der Waals surface area contributed by atoms with Crippen LogP contribution in [0.2, 0.25) is 0 Å². The van der Waals surface area contributed by atoms with Crippen molar-refractivity contribution in [2.45, 2.75) is 6.43 Å². The average molecular weight is 247 g/mol. The van der Waals surface area contributed by atoms with E-state index in [9.17, 15) is 23.7 Å². The van der Waals surface area contributed by atoms with Crippen molar-refractivity contribution < 1.29 is 23.2 Å². The number of carbonyl (C=O) groups is 1. The predicted molar refractivity (Wildman–Crippen MR) is 51.6 cm³/mol. The number of alkyl halides is 2. The number of nitrogens with zero attached hydrogens (tertiary/aromatic N) is 2. The number of nitrogen functional groups attached to an aromatic ring is 1. The number of aromatic nitrogens is 1. The van der Waals surface area contributed by atoms with Crippen molar-refractivity contribution in [3.63, 3.8) is 0 Å². The van der Waals surface area contributed by atoms with E-state index < -0.39 is 40.1 Å². The normalized spacial score (nSPS) is 10.4. The van der Waals surface area contributed by atoms with E-state index in [-0.39, 0.29) is 0 Å². The second-order valence-electron chi connectivity index (χ2n) is 2.87. The highest BCUT2D eigenvalue weighted by Crippen LogP contribution is 2.33. The fourth-order valence-electron chi connectivity index (χ4n) is 1.14. The largest absolute Gasteiger partial charge is 0.464 e. The number of halogens is 2. The van der Waals surface area contributed by atoms with Crippen molar-refractivity contribution in [1.29, 1.82) is 0 Å². The zero-order chi connectivity index (χ0) is 13.2. The molecule has 1 aromatic heterocycles. The van der Waals surface area contributed by atoms with Crippen LogP contribution in [0.5, 0.6) is 0 Å². The maximum absolute atomic E-state index is 12.5. The van der Waals surface area contributed by atoms with Gasteiger partial charge in [0.25, 0.3) is 12.1 Å². The van der Waals surface area contributed by atoms with E-state index in [1.54, 1.807) is 0 Å². The Hall–Kier alpha value is -2.32.